The number of benzene rings is 3. The van der Waals surface area contributed by atoms with Crippen molar-refractivity contribution in [1.29, 1.82) is 0 Å². The first-order chi connectivity index (χ1) is 12.2. The third-order valence-corrected chi connectivity index (χ3v) is 5.35. The van der Waals surface area contributed by atoms with Crippen molar-refractivity contribution in [2.45, 2.75) is 20.4 Å². The Morgan fingerprint density at radius 1 is 0.760 bits per heavy atom. The van der Waals surface area contributed by atoms with Crippen LogP contribution in [0.15, 0.2) is 72.8 Å². The number of nitrogens with zero attached hydrogens (tertiary/aromatic N) is 1. The lowest BCUT2D eigenvalue weighted by Crippen LogP contribution is -2.33. The quantitative estimate of drug-likeness (QED) is 0.362. The Hall–Kier alpha value is -2.93. The molecule has 0 bridgehead atoms. The van der Waals surface area contributed by atoms with Gasteiger partial charge in [0.2, 0.25) is 11.2 Å². The van der Waals surface area contributed by atoms with Crippen molar-refractivity contribution in [2.75, 3.05) is 0 Å². The molecule has 0 fully saturated rings. The minimum atomic E-state index is 0.965. The second kappa shape index (κ2) is 5.29. The van der Waals surface area contributed by atoms with Gasteiger partial charge in [0.05, 0.1) is 5.56 Å². The summed E-state index contributed by atoms with van der Waals surface area (Å²) in [6, 6.07) is 26.6. The molecule has 120 valence electrons. The lowest BCUT2D eigenvalue weighted by atomic mass is 9.99. The van der Waals surface area contributed by atoms with Gasteiger partial charge in [-0.2, -0.15) is 4.57 Å². The summed E-state index contributed by atoms with van der Waals surface area (Å²) < 4.78 is 2.47. The van der Waals surface area contributed by atoms with Crippen molar-refractivity contribution in [2.24, 2.45) is 0 Å². The van der Waals surface area contributed by atoms with Crippen LogP contribution in [0.4, 0.5) is 0 Å². The van der Waals surface area contributed by atoms with Crippen molar-refractivity contribution < 1.29 is 4.57 Å². The molecule has 0 saturated carbocycles. The molecule has 0 atom stereocenters. The van der Waals surface area contributed by atoms with E-state index in [1.807, 2.05) is 0 Å². The number of aryl methyl sites for hydroxylation is 2. The maximum Gasteiger partial charge on any atom is 0.213 e. The predicted molar refractivity (Wildman–Crippen MR) is 104 cm³/mol. The molecule has 25 heavy (non-hydrogen) atoms. The van der Waals surface area contributed by atoms with Crippen LogP contribution in [-0.2, 0) is 6.54 Å². The smallest absolute Gasteiger partial charge is 0.187 e. The van der Waals surface area contributed by atoms with E-state index in [0.717, 1.165) is 6.54 Å². The highest BCUT2D eigenvalue weighted by Gasteiger charge is 2.29. The van der Waals surface area contributed by atoms with Crippen LogP contribution in [0.3, 0.4) is 0 Å². The molecule has 5 rings (SSSR count). The van der Waals surface area contributed by atoms with Crippen LogP contribution in [0.1, 0.15) is 16.7 Å². The Balaban J connectivity index is 1.76. The van der Waals surface area contributed by atoms with E-state index in [-0.39, 0.29) is 0 Å². The monoisotopic (exact) mass is 322 g/mol. The highest BCUT2D eigenvalue weighted by molar-refractivity contribution is 5.84. The lowest BCUT2D eigenvalue weighted by molar-refractivity contribution is -0.645. The van der Waals surface area contributed by atoms with Gasteiger partial charge in [0.25, 0.3) is 0 Å². The van der Waals surface area contributed by atoms with E-state index in [1.165, 1.54) is 50.0 Å². The summed E-state index contributed by atoms with van der Waals surface area (Å²) in [7, 11) is 0. The van der Waals surface area contributed by atoms with Gasteiger partial charge >= 0.3 is 0 Å². The molecule has 0 saturated heterocycles. The number of aromatic nitrogens is 1. The van der Waals surface area contributed by atoms with E-state index in [2.05, 4.69) is 91.2 Å². The molecule has 1 aromatic heterocycles. The van der Waals surface area contributed by atoms with Crippen LogP contribution in [0, 0.1) is 13.8 Å². The van der Waals surface area contributed by atoms with E-state index in [1.54, 1.807) is 0 Å². The third-order valence-electron chi connectivity index (χ3n) is 5.35. The normalized spacial score (nSPS) is 12.2. The molecule has 0 unspecified atom stereocenters. The fraction of sp³-hybridized carbons (Fsp3) is 0.125. The Kier molecular flexibility index (Phi) is 3.05. The highest BCUT2D eigenvalue weighted by atomic mass is 15.0. The maximum absolute atomic E-state index is 2.47. The van der Waals surface area contributed by atoms with Crippen molar-refractivity contribution >= 4 is 10.9 Å². The Morgan fingerprint density at radius 2 is 1.56 bits per heavy atom. The molecule has 0 amide bonds. The standard InChI is InChI=1S/C24H20N/c1-16-12-17(2)22-15-25-23(21(22)13-16)11-10-19-8-9-20(14-24(19)25)18-6-4-3-5-7-18/h3-14H,15H2,1-2H3/q+1. The second-order valence-corrected chi connectivity index (χ2v) is 7.05. The lowest BCUT2D eigenvalue weighted by Gasteiger charge is -2.04. The first kappa shape index (κ1) is 14.4. The van der Waals surface area contributed by atoms with Crippen LogP contribution in [0.2, 0.25) is 0 Å². The Bertz CT molecular complexity index is 1120. The van der Waals surface area contributed by atoms with Gasteiger partial charge in [0, 0.05) is 23.1 Å². The first-order valence-corrected chi connectivity index (χ1v) is 8.83. The van der Waals surface area contributed by atoms with E-state index in [9.17, 15) is 0 Å². The van der Waals surface area contributed by atoms with Gasteiger partial charge in [-0.05, 0) is 54.3 Å². The number of pyridine rings is 1. The van der Waals surface area contributed by atoms with Gasteiger partial charge in [-0.3, -0.25) is 0 Å². The summed E-state index contributed by atoms with van der Waals surface area (Å²) in [5.74, 6) is 0. The predicted octanol–water partition coefficient (Wildman–Crippen LogP) is 5.44. The minimum absolute atomic E-state index is 0.965. The topological polar surface area (TPSA) is 3.88 Å². The van der Waals surface area contributed by atoms with Gasteiger partial charge in [0.15, 0.2) is 6.54 Å². The summed E-state index contributed by atoms with van der Waals surface area (Å²) in [5, 5.41) is 1.30. The molecular weight excluding hydrogens is 302 g/mol. The van der Waals surface area contributed by atoms with Gasteiger partial charge < -0.3 is 0 Å². The Labute approximate surface area is 148 Å². The molecule has 3 aromatic carbocycles. The molecular formula is C24H20N+. The SMILES string of the molecule is Cc1cc(C)c2c(c1)-c1ccc3ccc(-c4ccccc4)cc3[n+]1C2. The average molecular weight is 322 g/mol. The van der Waals surface area contributed by atoms with Crippen molar-refractivity contribution in [3.63, 3.8) is 0 Å². The van der Waals surface area contributed by atoms with Crippen LogP contribution in [0.25, 0.3) is 33.3 Å². The van der Waals surface area contributed by atoms with Gasteiger partial charge in [0.1, 0.15) is 0 Å². The van der Waals surface area contributed by atoms with Gasteiger partial charge in [-0.1, -0.05) is 42.5 Å². The van der Waals surface area contributed by atoms with E-state index in [4.69, 9.17) is 0 Å². The van der Waals surface area contributed by atoms with Crippen LogP contribution in [0.5, 0.6) is 0 Å². The van der Waals surface area contributed by atoms with Gasteiger partial charge in [-0.25, -0.2) is 0 Å². The first-order valence-electron chi connectivity index (χ1n) is 8.83. The van der Waals surface area contributed by atoms with Crippen molar-refractivity contribution in [3.8, 4) is 22.4 Å². The van der Waals surface area contributed by atoms with E-state index >= 15 is 0 Å². The fourth-order valence-corrected chi connectivity index (χ4v) is 4.12. The zero-order valence-electron chi connectivity index (χ0n) is 14.6. The molecule has 1 aliphatic heterocycles. The fourth-order valence-electron chi connectivity index (χ4n) is 4.12. The summed E-state index contributed by atoms with van der Waals surface area (Å²) in [6.45, 7) is 5.38. The number of fused-ring (bicyclic) bond motifs is 5. The second-order valence-electron chi connectivity index (χ2n) is 7.05. The largest absolute Gasteiger partial charge is 0.213 e. The average Bonchev–Trinajstić information content (AvgIpc) is 3.01. The third kappa shape index (κ3) is 2.20. The number of hydrogen-bond donors (Lipinski definition) is 0. The molecule has 2 heterocycles. The van der Waals surface area contributed by atoms with E-state index < -0.39 is 0 Å². The number of hydrogen-bond acceptors (Lipinski definition) is 0. The highest BCUT2D eigenvalue weighted by Crippen LogP contribution is 2.33. The molecule has 0 N–H and O–H groups in total. The van der Waals surface area contributed by atoms with Crippen LogP contribution >= 0.6 is 0 Å². The van der Waals surface area contributed by atoms with Crippen molar-refractivity contribution in [3.05, 3.63) is 89.5 Å². The van der Waals surface area contributed by atoms with Crippen LogP contribution in [-0.4, -0.2) is 0 Å². The number of rotatable bonds is 1. The maximum atomic E-state index is 2.47. The molecule has 0 aliphatic carbocycles. The molecule has 4 aromatic rings. The van der Waals surface area contributed by atoms with E-state index in [0.29, 0.717) is 0 Å². The molecule has 1 heteroatoms. The molecule has 1 aliphatic rings. The van der Waals surface area contributed by atoms with Gasteiger partial charge in [-0.15, -0.1) is 0 Å². The van der Waals surface area contributed by atoms with Crippen LogP contribution < -0.4 is 4.57 Å². The molecule has 1 nitrogen and oxygen atoms in total. The molecule has 0 spiro atoms. The zero-order chi connectivity index (χ0) is 17.0. The van der Waals surface area contributed by atoms with Crippen molar-refractivity contribution in [1.82, 2.24) is 0 Å². The zero-order valence-corrected chi connectivity index (χ0v) is 14.6. The Morgan fingerprint density at radius 3 is 2.40 bits per heavy atom. The molecule has 0 radical (unpaired) electrons. The summed E-state index contributed by atoms with van der Waals surface area (Å²) in [5.41, 5.74) is 10.8. The summed E-state index contributed by atoms with van der Waals surface area (Å²) in [4.78, 5) is 0. The summed E-state index contributed by atoms with van der Waals surface area (Å²) in [6.07, 6.45) is 0. The minimum Gasteiger partial charge on any atom is -0.187 e. The summed E-state index contributed by atoms with van der Waals surface area (Å²) >= 11 is 0.